The lowest BCUT2D eigenvalue weighted by molar-refractivity contribution is -0.384. The van der Waals surface area contributed by atoms with Crippen LogP contribution in [0.3, 0.4) is 0 Å². The normalized spacial score (nSPS) is 12.7. The van der Waals surface area contributed by atoms with Gasteiger partial charge in [0.05, 0.1) is 29.4 Å². The van der Waals surface area contributed by atoms with E-state index in [2.05, 4.69) is 5.32 Å². The van der Waals surface area contributed by atoms with Gasteiger partial charge < -0.3 is 14.8 Å². The van der Waals surface area contributed by atoms with Gasteiger partial charge in [0.15, 0.2) is 11.5 Å². The molecule has 156 valence electrons. The first-order chi connectivity index (χ1) is 13.8. The number of nitro groups is 1. The van der Waals surface area contributed by atoms with Crippen LogP contribution < -0.4 is 14.8 Å². The SMILES string of the molecule is CCOc1ccc(C(C)NC(=O)C(C)Sc2ccc([N+](=O)[O-])cc2)cc1OCC. The van der Waals surface area contributed by atoms with Crippen LogP contribution in [0.15, 0.2) is 47.4 Å². The van der Waals surface area contributed by atoms with Crippen molar-refractivity contribution in [3.8, 4) is 11.5 Å². The van der Waals surface area contributed by atoms with Crippen molar-refractivity contribution in [1.29, 1.82) is 0 Å². The summed E-state index contributed by atoms with van der Waals surface area (Å²) < 4.78 is 11.2. The van der Waals surface area contributed by atoms with E-state index in [1.165, 1.54) is 23.9 Å². The van der Waals surface area contributed by atoms with E-state index in [-0.39, 0.29) is 22.9 Å². The number of hydrogen-bond acceptors (Lipinski definition) is 6. The van der Waals surface area contributed by atoms with E-state index in [0.717, 1.165) is 10.5 Å². The molecule has 1 amide bonds. The van der Waals surface area contributed by atoms with E-state index in [4.69, 9.17) is 9.47 Å². The number of non-ortho nitro benzene ring substituents is 1. The number of benzene rings is 2. The summed E-state index contributed by atoms with van der Waals surface area (Å²) in [7, 11) is 0. The Hall–Kier alpha value is -2.74. The predicted molar refractivity (Wildman–Crippen MR) is 114 cm³/mol. The fourth-order valence-electron chi connectivity index (χ4n) is 2.66. The van der Waals surface area contributed by atoms with Crippen LogP contribution in [0.1, 0.15) is 39.3 Å². The van der Waals surface area contributed by atoms with Crippen molar-refractivity contribution in [3.05, 3.63) is 58.1 Å². The zero-order chi connectivity index (χ0) is 21.4. The molecule has 0 fully saturated rings. The Morgan fingerprint density at radius 1 is 1.07 bits per heavy atom. The predicted octanol–water partition coefficient (Wildman–Crippen LogP) is 4.75. The Labute approximate surface area is 174 Å². The largest absolute Gasteiger partial charge is 0.490 e. The molecule has 0 aliphatic heterocycles. The van der Waals surface area contributed by atoms with Crippen molar-refractivity contribution < 1.29 is 19.2 Å². The molecule has 0 saturated carbocycles. The van der Waals surface area contributed by atoms with Gasteiger partial charge in [0.1, 0.15) is 0 Å². The number of hydrogen-bond donors (Lipinski definition) is 1. The van der Waals surface area contributed by atoms with Crippen LogP contribution in [0.5, 0.6) is 11.5 Å². The number of nitro benzene ring substituents is 1. The molecular formula is C21H26N2O5S. The molecule has 29 heavy (non-hydrogen) atoms. The van der Waals surface area contributed by atoms with E-state index in [0.29, 0.717) is 24.7 Å². The molecule has 2 unspecified atom stereocenters. The van der Waals surface area contributed by atoms with Crippen molar-refractivity contribution in [2.45, 2.75) is 43.9 Å². The molecule has 0 bridgehead atoms. The Morgan fingerprint density at radius 3 is 2.28 bits per heavy atom. The Kier molecular flexibility index (Phi) is 8.33. The highest BCUT2D eigenvalue weighted by Gasteiger charge is 2.19. The first kappa shape index (κ1) is 22.5. The lowest BCUT2D eigenvalue weighted by Crippen LogP contribution is -2.33. The van der Waals surface area contributed by atoms with Gasteiger partial charge in [-0.1, -0.05) is 6.07 Å². The highest BCUT2D eigenvalue weighted by atomic mass is 32.2. The van der Waals surface area contributed by atoms with Crippen LogP contribution in [0.25, 0.3) is 0 Å². The molecule has 0 heterocycles. The van der Waals surface area contributed by atoms with Gasteiger partial charge in [-0.3, -0.25) is 14.9 Å². The van der Waals surface area contributed by atoms with E-state index >= 15 is 0 Å². The lowest BCUT2D eigenvalue weighted by atomic mass is 10.1. The summed E-state index contributed by atoms with van der Waals surface area (Å²) in [5.41, 5.74) is 0.943. The second-order valence-electron chi connectivity index (χ2n) is 6.31. The lowest BCUT2D eigenvalue weighted by Gasteiger charge is -2.19. The number of nitrogens with one attached hydrogen (secondary N) is 1. The van der Waals surface area contributed by atoms with Crippen LogP contribution in [0.2, 0.25) is 0 Å². The second kappa shape index (κ2) is 10.7. The number of nitrogens with zero attached hydrogens (tertiary/aromatic N) is 1. The van der Waals surface area contributed by atoms with Gasteiger partial charge in [0.2, 0.25) is 5.91 Å². The van der Waals surface area contributed by atoms with Gasteiger partial charge in [-0.15, -0.1) is 11.8 Å². The zero-order valence-corrected chi connectivity index (χ0v) is 17.8. The molecule has 2 rings (SSSR count). The molecule has 0 spiro atoms. The van der Waals surface area contributed by atoms with E-state index < -0.39 is 4.92 Å². The summed E-state index contributed by atoms with van der Waals surface area (Å²) in [6.07, 6.45) is 0. The molecule has 0 saturated heterocycles. The number of carbonyl (C=O) groups excluding carboxylic acids is 1. The summed E-state index contributed by atoms with van der Waals surface area (Å²) in [5, 5.41) is 13.4. The fourth-order valence-corrected chi connectivity index (χ4v) is 3.53. The van der Waals surface area contributed by atoms with Gasteiger partial charge in [0.25, 0.3) is 5.69 Å². The maximum absolute atomic E-state index is 12.6. The number of ether oxygens (including phenoxy) is 2. The molecule has 0 aliphatic carbocycles. The first-order valence-electron chi connectivity index (χ1n) is 9.46. The average Bonchev–Trinajstić information content (AvgIpc) is 2.69. The summed E-state index contributed by atoms with van der Waals surface area (Å²) in [5.74, 6) is 1.22. The Morgan fingerprint density at radius 2 is 1.69 bits per heavy atom. The average molecular weight is 419 g/mol. The quantitative estimate of drug-likeness (QED) is 0.340. The summed E-state index contributed by atoms with van der Waals surface area (Å²) in [6.45, 7) is 8.60. The highest BCUT2D eigenvalue weighted by Crippen LogP contribution is 2.31. The van der Waals surface area contributed by atoms with Crippen LogP contribution >= 0.6 is 11.8 Å². The van der Waals surface area contributed by atoms with Crippen molar-refractivity contribution >= 4 is 23.4 Å². The van der Waals surface area contributed by atoms with Crippen molar-refractivity contribution in [3.63, 3.8) is 0 Å². The van der Waals surface area contributed by atoms with Crippen LogP contribution in [-0.2, 0) is 4.79 Å². The van der Waals surface area contributed by atoms with Crippen LogP contribution in [-0.4, -0.2) is 29.3 Å². The third-order valence-corrected chi connectivity index (χ3v) is 5.27. The first-order valence-corrected chi connectivity index (χ1v) is 10.3. The fraction of sp³-hybridized carbons (Fsp3) is 0.381. The van der Waals surface area contributed by atoms with Gasteiger partial charge in [0, 0.05) is 17.0 Å². The van der Waals surface area contributed by atoms with Crippen LogP contribution in [0.4, 0.5) is 5.69 Å². The molecule has 1 N–H and O–H groups in total. The molecule has 0 aromatic heterocycles. The number of amides is 1. The minimum absolute atomic E-state index is 0.0284. The van der Waals surface area contributed by atoms with Crippen molar-refractivity contribution in [1.82, 2.24) is 5.32 Å². The zero-order valence-electron chi connectivity index (χ0n) is 17.0. The molecular weight excluding hydrogens is 392 g/mol. The molecule has 2 aromatic rings. The molecule has 2 atom stereocenters. The smallest absolute Gasteiger partial charge is 0.269 e. The molecule has 8 heteroatoms. The number of thioether (sulfide) groups is 1. The molecule has 0 aliphatic rings. The van der Waals surface area contributed by atoms with Gasteiger partial charge in [-0.05, 0) is 57.5 Å². The summed E-state index contributed by atoms with van der Waals surface area (Å²) in [4.78, 5) is 23.7. The van der Waals surface area contributed by atoms with E-state index in [9.17, 15) is 14.9 Å². The Balaban J connectivity index is 2.01. The monoisotopic (exact) mass is 418 g/mol. The maximum Gasteiger partial charge on any atom is 0.269 e. The summed E-state index contributed by atoms with van der Waals surface area (Å²) >= 11 is 1.35. The molecule has 2 aromatic carbocycles. The highest BCUT2D eigenvalue weighted by molar-refractivity contribution is 8.00. The number of rotatable bonds is 10. The van der Waals surface area contributed by atoms with E-state index in [1.807, 2.05) is 39.0 Å². The molecule has 0 radical (unpaired) electrons. The standard InChI is InChI=1S/C21H26N2O5S/c1-5-27-19-12-7-16(13-20(19)28-6-2)14(3)22-21(24)15(4)29-18-10-8-17(9-11-18)23(25)26/h7-15H,5-6H2,1-4H3,(H,22,24). The summed E-state index contributed by atoms with van der Waals surface area (Å²) in [6, 6.07) is 11.6. The Bertz CT molecular complexity index is 841. The van der Waals surface area contributed by atoms with Crippen LogP contribution in [0, 0.1) is 10.1 Å². The number of carbonyl (C=O) groups is 1. The minimum atomic E-state index is -0.445. The van der Waals surface area contributed by atoms with Gasteiger partial charge >= 0.3 is 0 Å². The van der Waals surface area contributed by atoms with E-state index in [1.54, 1.807) is 19.1 Å². The second-order valence-corrected chi connectivity index (χ2v) is 7.73. The third-order valence-electron chi connectivity index (χ3n) is 4.16. The van der Waals surface area contributed by atoms with Crippen molar-refractivity contribution in [2.75, 3.05) is 13.2 Å². The maximum atomic E-state index is 12.6. The van der Waals surface area contributed by atoms with Crippen molar-refractivity contribution in [2.24, 2.45) is 0 Å². The topological polar surface area (TPSA) is 90.7 Å². The van der Waals surface area contributed by atoms with Gasteiger partial charge in [-0.2, -0.15) is 0 Å². The molecule has 7 nitrogen and oxygen atoms in total. The van der Waals surface area contributed by atoms with Gasteiger partial charge in [-0.25, -0.2) is 0 Å². The minimum Gasteiger partial charge on any atom is -0.490 e. The third kappa shape index (κ3) is 6.39.